The van der Waals surface area contributed by atoms with E-state index in [9.17, 15) is 14.4 Å². The largest absolute Gasteiger partial charge is 0.462 e. The fourth-order valence-electron chi connectivity index (χ4n) is 7.62. The van der Waals surface area contributed by atoms with Crippen molar-refractivity contribution in [1.82, 2.24) is 19.8 Å². The molecule has 0 radical (unpaired) electrons. The number of nitriles is 1. The van der Waals surface area contributed by atoms with Gasteiger partial charge in [-0.3, -0.25) is 9.69 Å². The summed E-state index contributed by atoms with van der Waals surface area (Å²) in [5, 5.41) is 12.3. The third kappa shape index (κ3) is 5.36. The number of carbonyl (C=O) groups excluding carboxylic acids is 1. The molecule has 3 saturated carbocycles. The van der Waals surface area contributed by atoms with Crippen LogP contribution in [0.15, 0.2) is 48.8 Å². The highest BCUT2D eigenvalue weighted by Crippen LogP contribution is 2.60. The first-order valence-corrected chi connectivity index (χ1v) is 16.1. The number of nitrogens with zero attached hydrogens (tertiary/aromatic N) is 7. The number of piperazine rings is 1. The minimum Gasteiger partial charge on any atom is -0.462 e. The van der Waals surface area contributed by atoms with Crippen molar-refractivity contribution in [2.45, 2.75) is 50.2 Å². The molecule has 3 aliphatic carbocycles. The molecule has 0 spiro atoms. The predicted octanol–water partition coefficient (Wildman–Crippen LogP) is 5.12. The van der Waals surface area contributed by atoms with Crippen LogP contribution in [0.2, 0.25) is 5.02 Å². The fourth-order valence-corrected chi connectivity index (χ4v) is 7.90. The smallest absolute Gasteiger partial charge is 0.318 e. The second kappa shape index (κ2) is 11.8. The summed E-state index contributed by atoms with van der Waals surface area (Å²) in [4.78, 5) is 30.6. The van der Waals surface area contributed by atoms with E-state index in [0.717, 1.165) is 52.5 Å². The molecule has 4 fully saturated rings. The van der Waals surface area contributed by atoms with Crippen molar-refractivity contribution in [3.63, 3.8) is 0 Å². The molecule has 1 atom stereocenters. The molecule has 3 aromatic rings. The highest BCUT2D eigenvalue weighted by molar-refractivity contribution is 6.36. The van der Waals surface area contributed by atoms with Crippen molar-refractivity contribution in [3.8, 4) is 12.1 Å². The van der Waals surface area contributed by atoms with Crippen LogP contribution in [-0.2, 0) is 17.8 Å². The molecule has 1 aromatic heterocycles. The number of amides is 1. The molecule has 2 bridgehead atoms. The zero-order chi connectivity index (χ0) is 31.3. The summed E-state index contributed by atoms with van der Waals surface area (Å²) in [5.74, 6) is -0.115. The lowest BCUT2D eigenvalue weighted by Crippen LogP contribution is -2.67. The molecule has 3 heterocycles. The monoisotopic (exact) mass is 629 g/mol. The van der Waals surface area contributed by atoms with E-state index < -0.39 is 17.8 Å². The topological polar surface area (TPSA) is 88.8 Å². The Bertz CT molecular complexity index is 1690. The van der Waals surface area contributed by atoms with Gasteiger partial charge in [-0.15, -0.1) is 0 Å². The number of anilines is 2. The van der Waals surface area contributed by atoms with Crippen LogP contribution in [0.5, 0.6) is 6.01 Å². The van der Waals surface area contributed by atoms with Gasteiger partial charge in [-0.25, -0.2) is 4.39 Å². The van der Waals surface area contributed by atoms with E-state index in [-0.39, 0.29) is 13.0 Å². The Hall–Kier alpha value is -3.94. The molecule has 1 amide bonds. The zero-order valence-corrected chi connectivity index (χ0v) is 26.3. The Morgan fingerprint density at radius 2 is 1.96 bits per heavy atom. The standard InChI is InChI=1S/C34H37ClFN7O2/c1-22(36)32(44)43-14-13-42(20-25(43)9-11-37)31-26-10-12-41(29-8-4-6-24-5-3-7-27(35)30(24)29)21-28(26)38-33(39-31)45-16-15-40(2)34-17-23(18-34)19-34/h3-8,23,25H,1,9-10,12-21H2,2H3/t23?,25-,34?/m0/s1. The number of carbonyl (C=O) groups is 1. The Morgan fingerprint density at radius 1 is 1.18 bits per heavy atom. The van der Waals surface area contributed by atoms with Gasteiger partial charge in [0.05, 0.1) is 35.8 Å². The van der Waals surface area contributed by atoms with Crippen LogP contribution in [0.1, 0.15) is 36.9 Å². The lowest BCUT2D eigenvalue weighted by atomic mass is 9.49. The highest BCUT2D eigenvalue weighted by atomic mass is 35.5. The number of benzene rings is 2. The SMILES string of the molecule is C=C(F)C(=O)N1CCN(c2nc(OCCN(C)C34CC(C3)C4)nc3c2CCN(c2cccc4cccc(Cl)c24)C3)C[C@@H]1CC#N. The van der Waals surface area contributed by atoms with Gasteiger partial charge in [0.2, 0.25) is 0 Å². The molecule has 2 aromatic carbocycles. The number of likely N-dealkylation sites (N-methyl/N-ethyl adjacent to an activating group) is 1. The molecule has 11 heteroatoms. The molecular formula is C34H37ClFN7O2. The highest BCUT2D eigenvalue weighted by Gasteiger charge is 2.58. The van der Waals surface area contributed by atoms with E-state index in [1.807, 2.05) is 18.2 Å². The van der Waals surface area contributed by atoms with Crippen LogP contribution < -0.4 is 14.5 Å². The van der Waals surface area contributed by atoms with Gasteiger partial charge in [-0.05, 0) is 56.2 Å². The van der Waals surface area contributed by atoms with Crippen LogP contribution in [-0.4, -0.2) is 83.6 Å². The maximum absolute atomic E-state index is 13.8. The normalized spacial score (nSPS) is 23.7. The summed E-state index contributed by atoms with van der Waals surface area (Å²) in [6, 6.07) is 14.2. The first-order chi connectivity index (χ1) is 21.8. The van der Waals surface area contributed by atoms with Crippen LogP contribution in [0, 0.1) is 17.2 Å². The summed E-state index contributed by atoms with van der Waals surface area (Å²) in [5.41, 5.74) is 3.32. The number of hydrogen-bond donors (Lipinski definition) is 0. The first-order valence-electron chi connectivity index (χ1n) is 15.7. The van der Waals surface area contributed by atoms with Gasteiger partial charge < -0.3 is 19.4 Å². The fraction of sp³-hybridized carbons (Fsp3) is 0.471. The van der Waals surface area contributed by atoms with E-state index in [0.29, 0.717) is 49.2 Å². The molecule has 0 N–H and O–H groups in total. The maximum atomic E-state index is 13.8. The van der Waals surface area contributed by atoms with Gasteiger partial charge in [0.15, 0.2) is 5.83 Å². The van der Waals surface area contributed by atoms with E-state index in [4.69, 9.17) is 26.3 Å². The Kier molecular flexibility index (Phi) is 7.78. The summed E-state index contributed by atoms with van der Waals surface area (Å²) < 4.78 is 20.1. The van der Waals surface area contributed by atoms with Crippen LogP contribution in [0.4, 0.5) is 15.9 Å². The zero-order valence-electron chi connectivity index (χ0n) is 25.5. The number of aromatic nitrogens is 2. The van der Waals surface area contributed by atoms with Crippen molar-refractivity contribution in [2.24, 2.45) is 5.92 Å². The summed E-state index contributed by atoms with van der Waals surface area (Å²) in [7, 11) is 2.17. The van der Waals surface area contributed by atoms with Crippen LogP contribution in [0.25, 0.3) is 10.8 Å². The lowest BCUT2D eigenvalue weighted by molar-refractivity contribution is -0.135. The number of halogens is 2. The molecule has 5 aliphatic rings. The Labute approximate surface area is 267 Å². The molecule has 2 aliphatic heterocycles. The van der Waals surface area contributed by atoms with E-state index in [1.165, 1.54) is 24.2 Å². The average molecular weight is 630 g/mol. The van der Waals surface area contributed by atoms with Crippen LogP contribution in [0.3, 0.4) is 0 Å². The van der Waals surface area contributed by atoms with Gasteiger partial charge in [0.1, 0.15) is 12.4 Å². The predicted molar refractivity (Wildman–Crippen MR) is 172 cm³/mol. The van der Waals surface area contributed by atoms with Crippen molar-refractivity contribution in [1.29, 1.82) is 5.26 Å². The summed E-state index contributed by atoms with van der Waals surface area (Å²) in [6.07, 6.45) is 4.62. The maximum Gasteiger partial charge on any atom is 0.318 e. The van der Waals surface area contributed by atoms with Gasteiger partial charge >= 0.3 is 6.01 Å². The molecule has 1 saturated heterocycles. The molecule has 9 nitrogen and oxygen atoms in total. The van der Waals surface area contributed by atoms with Crippen molar-refractivity contribution >= 4 is 39.8 Å². The number of fused-ring (bicyclic) bond motifs is 2. The van der Waals surface area contributed by atoms with Crippen molar-refractivity contribution in [3.05, 3.63) is 65.1 Å². The molecule has 8 rings (SSSR count). The number of rotatable bonds is 9. The van der Waals surface area contributed by atoms with Crippen LogP contribution >= 0.6 is 11.6 Å². The van der Waals surface area contributed by atoms with E-state index in [2.05, 4.69) is 52.6 Å². The van der Waals surface area contributed by atoms with Gasteiger partial charge in [-0.1, -0.05) is 42.4 Å². The molecule has 0 unspecified atom stereocenters. The summed E-state index contributed by atoms with van der Waals surface area (Å²) >= 11 is 6.70. The molecule has 234 valence electrons. The minimum absolute atomic E-state index is 0.0801. The van der Waals surface area contributed by atoms with Gasteiger partial charge in [0.25, 0.3) is 5.91 Å². The number of hydrogen-bond acceptors (Lipinski definition) is 8. The first kappa shape index (κ1) is 29.8. The van der Waals surface area contributed by atoms with E-state index in [1.54, 1.807) is 0 Å². The summed E-state index contributed by atoms with van der Waals surface area (Å²) in [6.45, 7) is 6.80. The quantitative estimate of drug-likeness (QED) is 0.301. The second-order valence-corrected chi connectivity index (χ2v) is 13.3. The second-order valence-electron chi connectivity index (χ2n) is 12.9. The van der Waals surface area contributed by atoms with E-state index >= 15 is 0 Å². The third-order valence-electron chi connectivity index (χ3n) is 10.3. The molecular weight excluding hydrogens is 593 g/mol. The van der Waals surface area contributed by atoms with Crippen molar-refractivity contribution < 1.29 is 13.9 Å². The van der Waals surface area contributed by atoms with Crippen molar-refractivity contribution in [2.75, 3.05) is 56.2 Å². The third-order valence-corrected chi connectivity index (χ3v) is 10.6. The lowest BCUT2D eigenvalue weighted by Gasteiger charge is -2.66. The Balaban J connectivity index is 1.18. The minimum atomic E-state index is -1.01. The van der Waals surface area contributed by atoms with Gasteiger partial charge in [0, 0.05) is 54.9 Å². The average Bonchev–Trinajstić information content (AvgIpc) is 2.98. The van der Waals surface area contributed by atoms with Gasteiger partial charge in [-0.2, -0.15) is 15.2 Å². The Morgan fingerprint density at radius 3 is 2.67 bits per heavy atom. The number of ether oxygens (including phenoxy) is 1. The molecule has 45 heavy (non-hydrogen) atoms.